The summed E-state index contributed by atoms with van der Waals surface area (Å²) in [5.41, 5.74) is 2.63. The van der Waals surface area contributed by atoms with Crippen molar-refractivity contribution in [2.24, 2.45) is 0 Å². The first kappa shape index (κ1) is 18.6. The highest BCUT2D eigenvalue weighted by Crippen LogP contribution is 2.25. The minimum absolute atomic E-state index is 0.256. The molecular weight excluding hydrogens is 366 g/mol. The highest BCUT2D eigenvalue weighted by atomic mass is 35.5. The van der Waals surface area contributed by atoms with Crippen LogP contribution in [-0.4, -0.2) is 12.7 Å². The Balaban J connectivity index is 1.99. The maximum Gasteiger partial charge on any atom is 0.243 e. The molecule has 0 bridgehead atoms. The highest BCUT2D eigenvalue weighted by Gasteiger charge is 2.25. The molecule has 0 aliphatic heterocycles. The molecule has 3 aromatic carbocycles. The second kappa shape index (κ2) is 8.04. The standard InChI is InChI=1S/C21H20ClNO2S/c1-17-14-20(12-13-21(17)22)26(24,25)23(15-18-8-4-2-5-9-18)16-19-10-6-3-7-11-19/h2-14H,15-16H2,1H3. The molecule has 0 heterocycles. The maximum absolute atomic E-state index is 13.3. The number of sulfonamides is 1. The van der Waals surface area contributed by atoms with E-state index < -0.39 is 10.0 Å². The molecular formula is C21H20ClNO2S. The molecule has 3 aromatic rings. The van der Waals surface area contributed by atoms with E-state index in [4.69, 9.17) is 11.6 Å². The zero-order valence-corrected chi connectivity index (χ0v) is 16.0. The van der Waals surface area contributed by atoms with Crippen LogP contribution in [0.15, 0.2) is 83.8 Å². The lowest BCUT2D eigenvalue weighted by atomic mass is 10.2. The molecule has 0 saturated carbocycles. The molecule has 0 saturated heterocycles. The van der Waals surface area contributed by atoms with Gasteiger partial charge in [0, 0.05) is 18.1 Å². The molecule has 0 unspecified atom stereocenters. The van der Waals surface area contributed by atoms with E-state index >= 15 is 0 Å². The van der Waals surface area contributed by atoms with Crippen molar-refractivity contribution in [2.75, 3.05) is 0 Å². The average Bonchev–Trinajstić information content (AvgIpc) is 2.65. The van der Waals surface area contributed by atoms with Crippen molar-refractivity contribution in [3.63, 3.8) is 0 Å². The summed E-state index contributed by atoms with van der Waals surface area (Å²) in [5.74, 6) is 0. The molecule has 0 N–H and O–H groups in total. The Morgan fingerprint density at radius 2 is 1.31 bits per heavy atom. The second-order valence-electron chi connectivity index (χ2n) is 6.16. The van der Waals surface area contributed by atoms with Crippen LogP contribution in [-0.2, 0) is 23.1 Å². The highest BCUT2D eigenvalue weighted by molar-refractivity contribution is 7.89. The van der Waals surface area contributed by atoms with Crippen molar-refractivity contribution in [1.82, 2.24) is 4.31 Å². The first-order chi connectivity index (χ1) is 12.5. The Morgan fingerprint density at radius 1 is 0.808 bits per heavy atom. The van der Waals surface area contributed by atoms with Crippen LogP contribution in [0.3, 0.4) is 0 Å². The number of halogens is 1. The van der Waals surface area contributed by atoms with Gasteiger partial charge in [-0.1, -0.05) is 72.3 Å². The zero-order valence-electron chi connectivity index (χ0n) is 14.5. The minimum Gasteiger partial charge on any atom is -0.207 e. The predicted molar refractivity (Wildman–Crippen MR) is 106 cm³/mol. The molecule has 5 heteroatoms. The van der Waals surface area contributed by atoms with Gasteiger partial charge in [0.05, 0.1) is 4.90 Å². The fourth-order valence-corrected chi connectivity index (χ4v) is 4.35. The molecule has 3 nitrogen and oxygen atoms in total. The SMILES string of the molecule is Cc1cc(S(=O)(=O)N(Cc2ccccc2)Cc2ccccc2)ccc1Cl. The Morgan fingerprint density at radius 3 is 1.77 bits per heavy atom. The molecule has 0 amide bonds. The predicted octanol–water partition coefficient (Wildman–Crippen LogP) is 5.04. The molecule has 26 heavy (non-hydrogen) atoms. The van der Waals surface area contributed by atoms with Crippen LogP contribution in [0.1, 0.15) is 16.7 Å². The summed E-state index contributed by atoms with van der Waals surface area (Å²) in [6, 6.07) is 24.0. The first-order valence-corrected chi connectivity index (χ1v) is 10.1. The summed E-state index contributed by atoms with van der Waals surface area (Å²) in [7, 11) is -3.66. The van der Waals surface area contributed by atoms with Crippen LogP contribution in [0.4, 0.5) is 0 Å². The molecule has 0 aliphatic rings. The molecule has 134 valence electrons. The van der Waals surface area contributed by atoms with E-state index in [9.17, 15) is 8.42 Å². The van der Waals surface area contributed by atoms with Gasteiger partial charge in [-0.25, -0.2) is 8.42 Å². The number of hydrogen-bond acceptors (Lipinski definition) is 2. The van der Waals surface area contributed by atoms with Gasteiger partial charge in [-0.2, -0.15) is 4.31 Å². The van der Waals surface area contributed by atoms with E-state index in [1.165, 1.54) is 4.31 Å². The third kappa shape index (κ3) is 4.33. The number of benzene rings is 3. The van der Waals surface area contributed by atoms with Crippen molar-refractivity contribution in [2.45, 2.75) is 24.9 Å². The molecule has 0 radical (unpaired) electrons. The molecule has 0 spiro atoms. The van der Waals surface area contributed by atoms with Crippen LogP contribution in [0.2, 0.25) is 5.02 Å². The van der Waals surface area contributed by atoms with Crippen LogP contribution in [0, 0.1) is 6.92 Å². The Kier molecular flexibility index (Phi) is 5.77. The van der Waals surface area contributed by atoms with Gasteiger partial charge < -0.3 is 0 Å². The summed E-state index contributed by atoms with van der Waals surface area (Å²) in [4.78, 5) is 0.256. The fourth-order valence-electron chi connectivity index (χ4n) is 2.73. The quantitative estimate of drug-likeness (QED) is 0.596. The normalized spacial score (nSPS) is 11.7. The molecule has 0 aliphatic carbocycles. The minimum atomic E-state index is -3.66. The van der Waals surface area contributed by atoms with Crippen molar-refractivity contribution in [3.8, 4) is 0 Å². The average molecular weight is 386 g/mol. The smallest absolute Gasteiger partial charge is 0.207 e. The van der Waals surface area contributed by atoms with Gasteiger partial charge >= 0.3 is 0 Å². The van der Waals surface area contributed by atoms with E-state index in [0.717, 1.165) is 16.7 Å². The van der Waals surface area contributed by atoms with Gasteiger partial charge in [0.2, 0.25) is 10.0 Å². The fraction of sp³-hybridized carbons (Fsp3) is 0.143. The summed E-state index contributed by atoms with van der Waals surface area (Å²) < 4.78 is 28.1. The molecule has 0 atom stereocenters. The lowest BCUT2D eigenvalue weighted by Gasteiger charge is -2.23. The van der Waals surface area contributed by atoms with Crippen molar-refractivity contribution in [3.05, 3.63) is 101 Å². The number of hydrogen-bond donors (Lipinski definition) is 0. The van der Waals surface area contributed by atoms with E-state index in [0.29, 0.717) is 18.1 Å². The summed E-state index contributed by atoms with van der Waals surface area (Å²) in [6.07, 6.45) is 0. The molecule has 0 aromatic heterocycles. The van der Waals surface area contributed by atoms with Gasteiger partial charge in [-0.05, 0) is 41.8 Å². The van der Waals surface area contributed by atoms with Crippen molar-refractivity contribution in [1.29, 1.82) is 0 Å². The van der Waals surface area contributed by atoms with Crippen LogP contribution < -0.4 is 0 Å². The van der Waals surface area contributed by atoms with Crippen LogP contribution in [0.25, 0.3) is 0 Å². The van der Waals surface area contributed by atoms with E-state index in [2.05, 4.69) is 0 Å². The maximum atomic E-state index is 13.3. The monoisotopic (exact) mass is 385 g/mol. The van der Waals surface area contributed by atoms with E-state index in [1.54, 1.807) is 25.1 Å². The largest absolute Gasteiger partial charge is 0.243 e. The van der Waals surface area contributed by atoms with Crippen molar-refractivity contribution >= 4 is 21.6 Å². The summed E-state index contributed by atoms with van der Waals surface area (Å²) in [5, 5.41) is 0.557. The summed E-state index contributed by atoms with van der Waals surface area (Å²) in [6.45, 7) is 2.42. The van der Waals surface area contributed by atoms with Gasteiger partial charge in [0.1, 0.15) is 0 Å². The lowest BCUT2D eigenvalue weighted by molar-refractivity contribution is 0.401. The third-order valence-corrected chi connectivity index (χ3v) is 6.38. The number of rotatable bonds is 6. The Labute approximate surface area is 159 Å². The zero-order chi connectivity index (χ0) is 18.6. The molecule has 3 rings (SSSR count). The molecule has 0 fully saturated rings. The Hall–Kier alpha value is -2.14. The number of nitrogens with zero attached hydrogens (tertiary/aromatic N) is 1. The number of aryl methyl sites for hydroxylation is 1. The Bertz CT molecular complexity index is 932. The third-order valence-electron chi connectivity index (χ3n) is 4.17. The van der Waals surface area contributed by atoms with E-state index in [1.807, 2.05) is 60.7 Å². The van der Waals surface area contributed by atoms with E-state index in [-0.39, 0.29) is 4.90 Å². The summed E-state index contributed by atoms with van der Waals surface area (Å²) >= 11 is 6.06. The van der Waals surface area contributed by atoms with Crippen LogP contribution in [0.5, 0.6) is 0 Å². The van der Waals surface area contributed by atoms with Gasteiger partial charge in [0.15, 0.2) is 0 Å². The van der Waals surface area contributed by atoms with Gasteiger partial charge in [0.25, 0.3) is 0 Å². The van der Waals surface area contributed by atoms with Crippen LogP contribution >= 0.6 is 11.6 Å². The second-order valence-corrected chi connectivity index (χ2v) is 8.50. The van der Waals surface area contributed by atoms with Crippen molar-refractivity contribution < 1.29 is 8.42 Å². The topological polar surface area (TPSA) is 37.4 Å². The first-order valence-electron chi connectivity index (χ1n) is 8.31. The van der Waals surface area contributed by atoms with Gasteiger partial charge in [-0.15, -0.1) is 0 Å². The lowest BCUT2D eigenvalue weighted by Crippen LogP contribution is -2.30. The van der Waals surface area contributed by atoms with Gasteiger partial charge in [-0.3, -0.25) is 0 Å².